The highest BCUT2D eigenvalue weighted by Gasteiger charge is 2.39. The molecule has 33 heavy (non-hydrogen) atoms. The Morgan fingerprint density at radius 3 is 2.18 bits per heavy atom. The van der Waals surface area contributed by atoms with Gasteiger partial charge in [-0.1, -0.05) is 6.07 Å². The average Bonchev–Trinajstić information content (AvgIpc) is 3.09. The highest BCUT2D eigenvalue weighted by Crippen LogP contribution is 2.28. The zero-order valence-electron chi connectivity index (χ0n) is 17.1. The van der Waals surface area contributed by atoms with Crippen molar-refractivity contribution in [1.29, 1.82) is 0 Å². The van der Waals surface area contributed by atoms with Gasteiger partial charge in [-0.2, -0.15) is 26.3 Å². The quantitative estimate of drug-likeness (QED) is 0.552. The number of aliphatic carboxylic acids is 2. The molecule has 0 spiro atoms. The normalized spacial score (nSPS) is 20.3. The minimum absolute atomic E-state index is 0.196. The molecule has 2 aliphatic heterocycles. The monoisotopic (exact) mass is 489 g/mol. The number of nitrogens with one attached hydrogen (secondary N) is 1. The molecule has 0 unspecified atom stereocenters. The molecule has 9 nitrogen and oxygen atoms in total. The Balaban J connectivity index is 0.000000324. The molecule has 2 saturated heterocycles. The number of methoxy groups -OCH3 is 1. The molecular formula is C18H21F6N3O6. The van der Waals surface area contributed by atoms with Gasteiger partial charge >= 0.3 is 24.3 Å². The zero-order chi connectivity index (χ0) is 25.4. The van der Waals surface area contributed by atoms with Gasteiger partial charge in [0.2, 0.25) is 11.8 Å². The van der Waals surface area contributed by atoms with Crippen molar-refractivity contribution in [2.24, 2.45) is 0 Å². The van der Waals surface area contributed by atoms with Gasteiger partial charge in [-0.25, -0.2) is 14.6 Å². The number of piperidine rings is 1. The first-order chi connectivity index (χ1) is 15.2. The van der Waals surface area contributed by atoms with Crippen LogP contribution in [0.2, 0.25) is 0 Å². The predicted molar refractivity (Wildman–Crippen MR) is 98.2 cm³/mol. The summed E-state index contributed by atoms with van der Waals surface area (Å²) in [6, 6.07) is 4.78. The van der Waals surface area contributed by atoms with E-state index in [1.54, 1.807) is 13.3 Å². The van der Waals surface area contributed by atoms with Crippen molar-refractivity contribution < 1.29 is 55.7 Å². The Labute approximate surface area is 183 Å². The van der Waals surface area contributed by atoms with Crippen LogP contribution < -0.4 is 10.1 Å². The lowest BCUT2D eigenvalue weighted by Crippen LogP contribution is -2.49. The van der Waals surface area contributed by atoms with Gasteiger partial charge in [0.05, 0.1) is 7.11 Å². The van der Waals surface area contributed by atoms with Crippen LogP contribution in [-0.4, -0.2) is 76.0 Å². The van der Waals surface area contributed by atoms with Crippen LogP contribution in [0.3, 0.4) is 0 Å². The lowest BCUT2D eigenvalue weighted by molar-refractivity contribution is -0.193. The molecule has 1 aromatic rings. The second-order valence-electron chi connectivity index (χ2n) is 6.82. The van der Waals surface area contributed by atoms with Crippen LogP contribution in [0.1, 0.15) is 24.8 Å². The number of carboxylic acid groups (broad SMARTS) is 2. The molecule has 2 aliphatic rings. The fraction of sp³-hybridized carbons (Fsp3) is 0.556. The summed E-state index contributed by atoms with van der Waals surface area (Å²) in [7, 11) is 1.65. The first-order valence-electron chi connectivity index (χ1n) is 9.28. The van der Waals surface area contributed by atoms with E-state index in [-0.39, 0.29) is 5.91 Å². The molecule has 15 heteroatoms. The third kappa shape index (κ3) is 9.11. The number of hydrogen-bond donors (Lipinski definition) is 3. The van der Waals surface area contributed by atoms with Crippen LogP contribution >= 0.6 is 0 Å². The fourth-order valence-corrected chi connectivity index (χ4v) is 3.17. The minimum Gasteiger partial charge on any atom is -0.481 e. The zero-order valence-corrected chi connectivity index (χ0v) is 17.1. The van der Waals surface area contributed by atoms with Crippen LogP contribution in [0.5, 0.6) is 5.88 Å². The van der Waals surface area contributed by atoms with Gasteiger partial charge in [-0.15, -0.1) is 0 Å². The number of amides is 1. The van der Waals surface area contributed by atoms with Gasteiger partial charge in [0.15, 0.2) is 0 Å². The highest BCUT2D eigenvalue weighted by atomic mass is 19.4. The number of rotatable bonds is 3. The summed E-state index contributed by atoms with van der Waals surface area (Å²) in [6.07, 6.45) is -5.78. The molecule has 0 aromatic carbocycles. The smallest absolute Gasteiger partial charge is 0.481 e. The number of carboxylic acids is 2. The lowest BCUT2D eigenvalue weighted by atomic mass is 9.99. The number of fused-ring (bicyclic) bond motifs is 1. The maximum atomic E-state index is 11.4. The van der Waals surface area contributed by atoms with E-state index < -0.39 is 24.3 Å². The molecule has 0 radical (unpaired) electrons. The van der Waals surface area contributed by atoms with Gasteiger partial charge in [0.1, 0.15) is 0 Å². The number of nitrogens with zero attached hydrogens (tertiary/aromatic N) is 2. The molecule has 1 aromatic heterocycles. The Hall–Kier alpha value is -3.10. The maximum Gasteiger partial charge on any atom is 0.490 e. The maximum absolute atomic E-state index is 11.4. The molecule has 3 N–H and O–H groups in total. The summed E-state index contributed by atoms with van der Waals surface area (Å²) < 4.78 is 68.8. The van der Waals surface area contributed by atoms with E-state index >= 15 is 0 Å². The fourth-order valence-electron chi connectivity index (χ4n) is 3.17. The summed E-state index contributed by atoms with van der Waals surface area (Å²) >= 11 is 0. The topological polar surface area (TPSA) is 129 Å². The number of alkyl halides is 6. The Kier molecular flexibility index (Phi) is 9.88. The number of pyridine rings is 1. The molecule has 0 saturated carbocycles. The van der Waals surface area contributed by atoms with Crippen molar-refractivity contribution in [2.75, 3.05) is 13.7 Å². The van der Waals surface area contributed by atoms with Crippen LogP contribution in [0.15, 0.2) is 18.3 Å². The van der Waals surface area contributed by atoms with E-state index in [2.05, 4.69) is 21.3 Å². The van der Waals surface area contributed by atoms with Gasteiger partial charge < -0.3 is 20.3 Å². The lowest BCUT2D eigenvalue weighted by Gasteiger charge is -2.32. The first-order valence-corrected chi connectivity index (χ1v) is 9.28. The van der Waals surface area contributed by atoms with Crippen molar-refractivity contribution in [3.05, 3.63) is 23.9 Å². The van der Waals surface area contributed by atoms with E-state index in [1.165, 1.54) is 0 Å². The molecule has 186 valence electrons. The number of carbonyl (C=O) groups excluding carboxylic acids is 1. The highest BCUT2D eigenvalue weighted by molar-refractivity contribution is 5.77. The molecule has 3 heterocycles. The molecule has 3 rings (SSSR count). The number of ether oxygens (including phenoxy) is 1. The van der Waals surface area contributed by atoms with Crippen molar-refractivity contribution in [1.82, 2.24) is 15.2 Å². The average molecular weight is 489 g/mol. The third-order valence-corrected chi connectivity index (χ3v) is 4.58. The first kappa shape index (κ1) is 27.9. The number of hydrogen-bond acceptors (Lipinski definition) is 6. The Bertz CT molecular complexity index is 809. The summed E-state index contributed by atoms with van der Waals surface area (Å²) in [6.45, 7) is 1.86. The SMILES string of the molecule is COc1ncccc1CN1CC[C@@H]2NC(=O)CC[C@@H]21.O=C(O)C(F)(F)F.O=C(O)C(F)(F)F. The predicted octanol–water partition coefficient (Wildman–Crippen LogP) is 2.21. The summed E-state index contributed by atoms with van der Waals surface area (Å²) in [5, 5.41) is 17.3. The van der Waals surface area contributed by atoms with Crippen LogP contribution in [-0.2, 0) is 20.9 Å². The van der Waals surface area contributed by atoms with Crippen LogP contribution in [0, 0.1) is 0 Å². The summed E-state index contributed by atoms with van der Waals surface area (Å²) in [4.78, 5) is 35.9. The Morgan fingerprint density at radius 2 is 1.70 bits per heavy atom. The number of aromatic nitrogens is 1. The van der Waals surface area contributed by atoms with Gasteiger partial charge in [-0.05, 0) is 18.9 Å². The summed E-state index contributed by atoms with van der Waals surface area (Å²) in [5.74, 6) is -4.62. The number of halogens is 6. The molecule has 2 atom stereocenters. The van der Waals surface area contributed by atoms with Crippen molar-refractivity contribution in [3.63, 3.8) is 0 Å². The van der Waals surface area contributed by atoms with Gasteiger partial charge in [0, 0.05) is 43.4 Å². The van der Waals surface area contributed by atoms with Gasteiger partial charge in [0.25, 0.3) is 0 Å². The van der Waals surface area contributed by atoms with Crippen molar-refractivity contribution >= 4 is 17.8 Å². The number of likely N-dealkylation sites (tertiary alicyclic amines) is 1. The molecule has 0 aliphatic carbocycles. The largest absolute Gasteiger partial charge is 0.490 e. The molecule has 1 amide bonds. The Morgan fingerprint density at radius 1 is 1.15 bits per heavy atom. The van der Waals surface area contributed by atoms with E-state index in [0.717, 1.165) is 31.5 Å². The van der Waals surface area contributed by atoms with E-state index in [1.807, 2.05) is 6.07 Å². The van der Waals surface area contributed by atoms with Gasteiger partial charge in [-0.3, -0.25) is 9.69 Å². The van der Waals surface area contributed by atoms with Crippen molar-refractivity contribution in [3.8, 4) is 5.88 Å². The molecular weight excluding hydrogens is 468 g/mol. The van der Waals surface area contributed by atoms with Crippen molar-refractivity contribution in [2.45, 2.75) is 50.2 Å². The van der Waals surface area contributed by atoms with E-state index in [9.17, 15) is 31.1 Å². The number of carbonyl (C=O) groups is 3. The minimum atomic E-state index is -5.08. The van der Waals surface area contributed by atoms with E-state index in [4.69, 9.17) is 24.5 Å². The standard InChI is InChI=1S/C14H19N3O2.2C2HF3O2/c1-19-14-10(3-2-7-15-14)9-17-8-6-11-12(17)4-5-13(18)16-11;2*3-2(4,5)1(6)7/h2-3,7,11-12H,4-6,8-9H2,1H3,(H,16,18);2*(H,6,7)/t11-,12-;;/m0../s1. The third-order valence-electron chi connectivity index (χ3n) is 4.58. The van der Waals surface area contributed by atoms with Crippen LogP contribution in [0.25, 0.3) is 0 Å². The summed E-state index contributed by atoms with van der Waals surface area (Å²) in [5.41, 5.74) is 1.11. The van der Waals surface area contributed by atoms with E-state index in [0.29, 0.717) is 24.4 Å². The van der Waals surface area contributed by atoms with Crippen LogP contribution in [0.4, 0.5) is 26.3 Å². The second-order valence-corrected chi connectivity index (χ2v) is 6.82. The molecule has 2 fully saturated rings. The second kappa shape index (κ2) is 11.7. The molecule has 0 bridgehead atoms.